The van der Waals surface area contributed by atoms with E-state index < -0.39 is 11.0 Å². The van der Waals surface area contributed by atoms with Crippen molar-refractivity contribution in [3.05, 3.63) is 4.73 Å². The molecule has 6 nitrogen and oxygen atoms in total. The minimum Gasteiger partial charge on any atom is -0.306 e. The summed E-state index contributed by atoms with van der Waals surface area (Å²) in [7, 11) is 2.62. The average Bonchev–Trinajstić information content (AvgIpc) is 2.79. The van der Waals surface area contributed by atoms with E-state index >= 15 is 0 Å². The van der Waals surface area contributed by atoms with E-state index in [1.165, 1.54) is 0 Å². The maximum Gasteiger partial charge on any atom is 0.247 e. The van der Waals surface area contributed by atoms with Crippen molar-refractivity contribution in [1.82, 2.24) is 23.4 Å². The highest BCUT2D eigenvalue weighted by atomic mass is 79.9. The fourth-order valence-electron chi connectivity index (χ4n) is 2.05. The Bertz CT molecular complexity index is 463. The van der Waals surface area contributed by atoms with Gasteiger partial charge < -0.3 is 4.90 Å². The number of nitrogens with zero attached hydrogens (tertiary/aromatic N) is 5. The van der Waals surface area contributed by atoms with Crippen molar-refractivity contribution >= 4 is 39.2 Å². The Labute approximate surface area is 126 Å². The van der Waals surface area contributed by atoms with E-state index in [-0.39, 0.29) is 22.2 Å². The predicted molar refractivity (Wildman–Crippen MR) is 76.5 cm³/mol. The largest absolute Gasteiger partial charge is 0.306 e. The van der Waals surface area contributed by atoms with Crippen LogP contribution in [-0.4, -0.2) is 60.8 Å². The maximum atomic E-state index is 12.7. The highest BCUT2D eigenvalue weighted by molar-refractivity contribution is 9.10. The van der Waals surface area contributed by atoms with Gasteiger partial charge in [0.1, 0.15) is 0 Å². The summed E-state index contributed by atoms with van der Waals surface area (Å²) in [5, 5.41) is 3.90. The van der Waals surface area contributed by atoms with Gasteiger partial charge in [0.05, 0.1) is 0 Å². The Morgan fingerprint density at radius 1 is 1.47 bits per heavy atom. The molecule has 2 heterocycles. The van der Waals surface area contributed by atoms with Crippen molar-refractivity contribution in [3.8, 4) is 0 Å². The first-order valence-electron chi connectivity index (χ1n) is 5.78. The van der Waals surface area contributed by atoms with E-state index in [0.717, 1.165) is 16.9 Å². The molecule has 1 aliphatic rings. The molecule has 0 bridgehead atoms. The van der Waals surface area contributed by atoms with Gasteiger partial charge in [0.25, 0.3) is 0 Å². The number of hydrogen-bond donors (Lipinski definition) is 0. The molecule has 0 N–H and O–H groups in total. The molecule has 1 saturated heterocycles. The molecule has 1 aromatic heterocycles. The van der Waals surface area contributed by atoms with E-state index in [1.54, 1.807) is 0 Å². The van der Waals surface area contributed by atoms with Gasteiger partial charge in [0, 0.05) is 19.1 Å². The smallest absolute Gasteiger partial charge is 0.247 e. The summed E-state index contributed by atoms with van der Waals surface area (Å²) in [6.45, 7) is 1.41. The van der Waals surface area contributed by atoms with Gasteiger partial charge in [-0.25, -0.2) is 8.51 Å². The number of piperidine rings is 1. The lowest BCUT2D eigenvalue weighted by atomic mass is 10.1. The Morgan fingerprint density at radius 3 is 2.63 bits per heavy atom. The summed E-state index contributed by atoms with van der Waals surface area (Å²) in [6.07, 6.45) is 1.88. The molecule has 1 atom stereocenters. The lowest BCUT2D eigenvalue weighted by molar-refractivity contribution is 0.200. The molecule has 1 aliphatic heterocycles. The van der Waals surface area contributed by atoms with Gasteiger partial charge in [0.15, 0.2) is 23.3 Å². The van der Waals surface area contributed by atoms with Gasteiger partial charge in [0.2, 0.25) is 9.89 Å². The third kappa shape index (κ3) is 3.54. The van der Waals surface area contributed by atoms with Gasteiger partial charge in [-0.3, -0.25) is 0 Å². The highest BCUT2D eigenvalue weighted by Crippen LogP contribution is 2.22. The Balaban J connectivity index is 2.05. The lowest BCUT2D eigenvalue weighted by Gasteiger charge is -2.33. The first-order chi connectivity index (χ1) is 9.02. The first-order valence-corrected chi connectivity index (χ1v) is 8.35. The summed E-state index contributed by atoms with van der Waals surface area (Å²) in [4.78, 5) is 6.14. The monoisotopic (exact) mass is 371 g/mol. The molecule has 0 aromatic carbocycles. The van der Waals surface area contributed by atoms with Crippen molar-refractivity contribution < 1.29 is 8.09 Å². The number of rotatable bonds is 4. The molecule has 0 radical (unpaired) electrons. The first kappa shape index (κ1) is 15.4. The molecule has 1 aromatic rings. The van der Waals surface area contributed by atoms with Gasteiger partial charge in [-0.05, 0) is 42.9 Å². The standard InChI is InChI=1S/C9H15BrFN5OS2/c1-14(2)7-3-5-15(6-4-7)19(17)9-12-8(10)13-16(9)18-11/h7H,3-6H2,1-2H3. The van der Waals surface area contributed by atoms with Gasteiger partial charge >= 0.3 is 0 Å². The van der Waals surface area contributed by atoms with Crippen LogP contribution in [0.5, 0.6) is 0 Å². The summed E-state index contributed by atoms with van der Waals surface area (Å²) in [5.41, 5.74) is 0. The van der Waals surface area contributed by atoms with Crippen molar-refractivity contribution in [1.29, 1.82) is 0 Å². The van der Waals surface area contributed by atoms with Crippen molar-refractivity contribution in [2.24, 2.45) is 0 Å². The fourth-order valence-corrected chi connectivity index (χ4v) is 4.20. The van der Waals surface area contributed by atoms with Crippen LogP contribution in [0.2, 0.25) is 0 Å². The van der Waals surface area contributed by atoms with Crippen LogP contribution in [0.1, 0.15) is 12.8 Å². The zero-order valence-electron chi connectivity index (χ0n) is 10.6. The molecule has 0 spiro atoms. The summed E-state index contributed by atoms with van der Waals surface area (Å²) < 4.78 is 28.1. The van der Waals surface area contributed by atoms with Crippen LogP contribution >= 0.6 is 28.3 Å². The summed E-state index contributed by atoms with van der Waals surface area (Å²) >= 11 is 2.96. The van der Waals surface area contributed by atoms with Crippen LogP contribution in [0.3, 0.4) is 0 Å². The van der Waals surface area contributed by atoms with Crippen LogP contribution in [0, 0.1) is 0 Å². The molecule has 1 fully saturated rings. The van der Waals surface area contributed by atoms with Crippen molar-refractivity contribution in [2.45, 2.75) is 24.0 Å². The van der Waals surface area contributed by atoms with Crippen LogP contribution in [0.25, 0.3) is 0 Å². The van der Waals surface area contributed by atoms with Crippen LogP contribution in [-0.2, 0) is 11.0 Å². The van der Waals surface area contributed by atoms with Crippen LogP contribution in [0.4, 0.5) is 3.89 Å². The van der Waals surface area contributed by atoms with Crippen LogP contribution < -0.4 is 0 Å². The maximum absolute atomic E-state index is 12.7. The second-order valence-corrected chi connectivity index (χ2v) is 7.05. The van der Waals surface area contributed by atoms with E-state index in [9.17, 15) is 8.09 Å². The van der Waals surface area contributed by atoms with E-state index in [2.05, 4.69) is 30.9 Å². The second-order valence-electron chi connectivity index (χ2n) is 4.48. The molecule has 10 heteroatoms. The summed E-state index contributed by atoms with van der Waals surface area (Å²) in [6, 6.07) is 0.508. The molecule has 108 valence electrons. The SMILES string of the molecule is CN(C)C1CCN(S(=O)c2nc(Br)nn2SF)CC1. The topological polar surface area (TPSA) is 54.3 Å². The van der Waals surface area contributed by atoms with Gasteiger partial charge in [-0.15, -0.1) is 13.1 Å². The molecule has 0 amide bonds. The van der Waals surface area contributed by atoms with E-state index in [4.69, 9.17) is 0 Å². The Hall–Kier alpha value is -0.0300. The molecule has 0 saturated carbocycles. The summed E-state index contributed by atoms with van der Waals surface area (Å²) in [5.74, 6) is 0. The molecular formula is C9H15BrFN5OS2. The quantitative estimate of drug-likeness (QED) is 0.801. The third-order valence-corrected chi connectivity index (χ3v) is 5.38. The van der Waals surface area contributed by atoms with Crippen LogP contribution in [0.15, 0.2) is 9.89 Å². The zero-order valence-corrected chi connectivity index (χ0v) is 13.8. The highest BCUT2D eigenvalue weighted by Gasteiger charge is 2.28. The van der Waals surface area contributed by atoms with Gasteiger partial charge in [-0.2, -0.15) is 4.98 Å². The van der Waals surface area contributed by atoms with Crippen molar-refractivity contribution in [3.63, 3.8) is 0 Å². The molecule has 2 rings (SSSR count). The van der Waals surface area contributed by atoms with Gasteiger partial charge in [-0.1, -0.05) is 0 Å². The molecule has 19 heavy (non-hydrogen) atoms. The minimum atomic E-state index is -1.48. The molecule has 0 aliphatic carbocycles. The third-order valence-electron chi connectivity index (χ3n) is 3.13. The minimum absolute atomic E-state index is 0.101. The Morgan fingerprint density at radius 2 is 2.11 bits per heavy atom. The number of halogens is 2. The fraction of sp³-hybridized carbons (Fsp3) is 0.778. The molecule has 1 unspecified atom stereocenters. The number of hydrogen-bond acceptors (Lipinski definition) is 5. The second kappa shape index (κ2) is 6.61. The van der Waals surface area contributed by atoms with Crippen molar-refractivity contribution in [2.75, 3.05) is 27.2 Å². The zero-order chi connectivity index (χ0) is 14.0. The predicted octanol–water partition coefficient (Wildman–Crippen LogP) is 1.47. The number of aromatic nitrogens is 3. The normalized spacial score (nSPS) is 20.1. The Kier molecular flexibility index (Phi) is 5.35. The average molecular weight is 372 g/mol. The van der Waals surface area contributed by atoms with E-state index in [1.807, 2.05) is 18.4 Å². The van der Waals surface area contributed by atoms with E-state index in [0.29, 0.717) is 19.1 Å². The molecular weight excluding hydrogens is 357 g/mol. The lowest BCUT2D eigenvalue weighted by Crippen LogP contribution is -2.42.